The van der Waals surface area contributed by atoms with Gasteiger partial charge < -0.3 is 4.43 Å². The van der Waals surface area contributed by atoms with Crippen molar-refractivity contribution in [3.8, 4) is 0 Å². The van der Waals surface area contributed by atoms with E-state index in [1.54, 1.807) is 0 Å². The minimum Gasteiger partial charge on any atom is -0.412 e. The highest BCUT2D eigenvalue weighted by molar-refractivity contribution is 6.72. The molecule has 0 unspecified atom stereocenters. The molecule has 0 radical (unpaired) electrons. The van der Waals surface area contributed by atoms with Crippen molar-refractivity contribution in [2.75, 3.05) is 0 Å². The molecule has 0 saturated carbocycles. The first-order chi connectivity index (χ1) is 6.83. The molecular formula is C13H30OSi. The van der Waals surface area contributed by atoms with Crippen LogP contribution in [0.5, 0.6) is 0 Å². The highest BCUT2D eigenvalue weighted by Gasteiger charge is 2.32. The summed E-state index contributed by atoms with van der Waals surface area (Å²) in [4.78, 5) is 0. The molecule has 2 heteroatoms. The second-order valence-corrected chi connectivity index (χ2v) is 9.98. The summed E-state index contributed by atoms with van der Waals surface area (Å²) in [5, 5.41) is 0. The van der Waals surface area contributed by atoms with Crippen molar-refractivity contribution in [1.29, 1.82) is 0 Å². The summed E-state index contributed by atoms with van der Waals surface area (Å²) in [6.45, 7) is 13.5. The molecule has 0 spiro atoms. The Balaban J connectivity index is 4.26. The van der Waals surface area contributed by atoms with Gasteiger partial charge in [-0.05, 0) is 39.4 Å². The van der Waals surface area contributed by atoms with Crippen LogP contribution in [-0.4, -0.2) is 13.9 Å². The maximum Gasteiger partial charge on any atom is 0.190 e. The molecule has 0 aromatic carbocycles. The fraction of sp³-hybridized carbons (Fsp3) is 1.00. The van der Waals surface area contributed by atoms with Crippen molar-refractivity contribution in [1.82, 2.24) is 0 Å². The zero-order valence-corrected chi connectivity index (χ0v) is 12.7. The van der Waals surface area contributed by atoms with Gasteiger partial charge in [0.1, 0.15) is 0 Å². The first-order valence-electron chi connectivity index (χ1n) is 6.53. The van der Waals surface area contributed by atoms with Gasteiger partial charge in [-0.1, -0.05) is 39.5 Å². The Kier molecular flexibility index (Phi) is 6.77. The van der Waals surface area contributed by atoms with Crippen LogP contribution in [0.3, 0.4) is 0 Å². The molecule has 0 aromatic rings. The van der Waals surface area contributed by atoms with E-state index < -0.39 is 8.32 Å². The molecule has 0 atom stereocenters. The number of hydrogen-bond donors (Lipinski definition) is 0. The van der Waals surface area contributed by atoms with E-state index in [2.05, 4.69) is 41.2 Å². The molecule has 0 bridgehead atoms. The molecule has 0 heterocycles. The van der Waals surface area contributed by atoms with E-state index in [1.165, 1.54) is 37.8 Å². The molecule has 0 aliphatic rings. The van der Waals surface area contributed by atoms with Gasteiger partial charge >= 0.3 is 0 Å². The lowest BCUT2D eigenvalue weighted by atomic mass is 10.2. The second kappa shape index (κ2) is 6.69. The molecular weight excluding hydrogens is 200 g/mol. The van der Waals surface area contributed by atoms with Crippen LogP contribution in [0.25, 0.3) is 0 Å². The fourth-order valence-corrected chi connectivity index (χ4v) is 6.20. The van der Waals surface area contributed by atoms with Gasteiger partial charge in [-0.15, -0.1) is 0 Å². The van der Waals surface area contributed by atoms with Gasteiger partial charge in [0.2, 0.25) is 0 Å². The minimum absolute atomic E-state index is 0.0441. The molecule has 1 nitrogen and oxygen atoms in total. The van der Waals surface area contributed by atoms with Crippen molar-refractivity contribution in [3.63, 3.8) is 0 Å². The van der Waals surface area contributed by atoms with E-state index in [-0.39, 0.29) is 5.60 Å². The summed E-state index contributed by atoms with van der Waals surface area (Å²) in [6.07, 6.45) is 5.26. The fourth-order valence-electron chi connectivity index (χ4n) is 2.07. The SMILES string of the molecule is CCCC[Si](C)(CCCC)OC(C)(C)C. The van der Waals surface area contributed by atoms with Crippen LogP contribution in [0.15, 0.2) is 0 Å². The van der Waals surface area contributed by atoms with Gasteiger partial charge in [0.15, 0.2) is 8.32 Å². The summed E-state index contributed by atoms with van der Waals surface area (Å²) in [5.41, 5.74) is 0.0441. The molecule has 0 fully saturated rings. The number of rotatable bonds is 7. The lowest BCUT2D eigenvalue weighted by molar-refractivity contribution is 0.117. The molecule has 0 aliphatic heterocycles. The lowest BCUT2D eigenvalue weighted by Gasteiger charge is -2.35. The van der Waals surface area contributed by atoms with Crippen molar-refractivity contribution >= 4 is 8.32 Å². The average molecular weight is 230 g/mol. The van der Waals surface area contributed by atoms with Crippen LogP contribution < -0.4 is 0 Å². The topological polar surface area (TPSA) is 9.23 Å². The largest absolute Gasteiger partial charge is 0.412 e. The third kappa shape index (κ3) is 8.03. The summed E-state index contributed by atoms with van der Waals surface area (Å²) in [6, 6.07) is 2.67. The Morgan fingerprint density at radius 2 is 1.33 bits per heavy atom. The Labute approximate surface area is 97.7 Å². The smallest absolute Gasteiger partial charge is 0.190 e. The Bertz CT molecular complexity index is 152. The highest BCUT2D eigenvalue weighted by Crippen LogP contribution is 2.27. The number of hydrogen-bond acceptors (Lipinski definition) is 1. The summed E-state index contributed by atoms with van der Waals surface area (Å²) in [5.74, 6) is 0. The van der Waals surface area contributed by atoms with Crippen LogP contribution in [0.2, 0.25) is 18.6 Å². The van der Waals surface area contributed by atoms with Crippen molar-refractivity contribution in [2.45, 2.75) is 84.5 Å². The average Bonchev–Trinajstić information content (AvgIpc) is 2.09. The molecule has 92 valence electrons. The van der Waals surface area contributed by atoms with Gasteiger partial charge in [-0.2, -0.15) is 0 Å². The monoisotopic (exact) mass is 230 g/mol. The number of unbranched alkanes of at least 4 members (excludes halogenated alkanes) is 2. The predicted octanol–water partition coefficient (Wildman–Crippen LogP) is 4.98. The predicted molar refractivity (Wildman–Crippen MR) is 71.9 cm³/mol. The Hall–Kier alpha value is 0.177. The van der Waals surface area contributed by atoms with E-state index in [0.29, 0.717) is 0 Å². The summed E-state index contributed by atoms with van der Waals surface area (Å²) in [7, 11) is -1.43. The minimum atomic E-state index is -1.43. The normalized spacial score (nSPS) is 13.2. The Morgan fingerprint density at radius 3 is 1.60 bits per heavy atom. The van der Waals surface area contributed by atoms with Crippen molar-refractivity contribution < 1.29 is 4.43 Å². The van der Waals surface area contributed by atoms with Gasteiger partial charge in [-0.3, -0.25) is 0 Å². The maximum absolute atomic E-state index is 6.37. The van der Waals surface area contributed by atoms with Gasteiger partial charge in [0.05, 0.1) is 0 Å². The highest BCUT2D eigenvalue weighted by atomic mass is 28.4. The zero-order chi connectivity index (χ0) is 11.9. The van der Waals surface area contributed by atoms with Crippen LogP contribution in [0, 0.1) is 0 Å². The molecule has 0 N–H and O–H groups in total. The molecule has 0 aromatic heterocycles. The lowest BCUT2D eigenvalue weighted by Crippen LogP contribution is -2.41. The van der Waals surface area contributed by atoms with Crippen LogP contribution in [0.4, 0.5) is 0 Å². The van der Waals surface area contributed by atoms with Crippen LogP contribution in [-0.2, 0) is 4.43 Å². The standard InChI is InChI=1S/C13H30OSi/c1-7-9-11-15(6,12-10-8-2)14-13(3,4)5/h7-12H2,1-6H3. The summed E-state index contributed by atoms with van der Waals surface area (Å²) >= 11 is 0. The quantitative estimate of drug-likeness (QED) is 0.561. The first kappa shape index (κ1) is 15.2. The van der Waals surface area contributed by atoms with Crippen molar-refractivity contribution in [3.05, 3.63) is 0 Å². The van der Waals surface area contributed by atoms with Gasteiger partial charge in [0.25, 0.3) is 0 Å². The first-order valence-corrected chi connectivity index (χ1v) is 9.35. The summed E-state index contributed by atoms with van der Waals surface area (Å²) < 4.78 is 6.37. The van der Waals surface area contributed by atoms with Gasteiger partial charge in [-0.25, -0.2) is 0 Å². The zero-order valence-electron chi connectivity index (χ0n) is 11.7. The van der Waals surface area contributed by atoms with Crippen molar-refractivity contribution in [2.24, 2.45) is 0 Å². The van der Waals surface area contributed by atoms with E-state index >= 15 is 0 Å². The van der Waals surface area contributed by atoms with E-state index in [9.17, 15) is 0 Å². The van der Waals surface area contributed by atoms with Gasteiger partial charge in [0, 0.05) is 5.60 Å². The second-order valence-electron chi connectivity index (χ2n) is 5.87. The Morgan fingerprint density at radius 1 is 0.933 bits per heavy atom. The third-order valence-electron chi connectivity index (χ3n) is 2.67. The molecule has 15 heavy (non-hydrogen) atoms. The van der Waals surface area contributed by atoms with E-state index in [1.807, 2.05) is 0 Å². The third-order valence-corrected chi connectivity index (χ3v) is 6.60. The molecule has 0 aliphatic carbocycles. The van der Waals surface area contributed by atoms with E-state index in [4.69, 9.17) is 4.43 Å². The maximum atomic E-state index is 6.37. The van der Waals surface area contributed by atoms with E-state index in [0.717, 1.165) is 0 Å². The molecule has 0 amide bonds. The molecule has 0 saturated heterocycles. The molecule has 0 rings (SSSR count). The van der Waals surface area contributed by atoms with Crippen LogP contribution >= 0.6 is 0 Å². The van der Waals surface area contributed by atoms with Crippen LogP contribution in [0.1, 0.15) is 60.3 Å².